The van der Waals surface area contributed by atoms with Crippen molar-refractivity contribution in [2.45, 2.75) is 18.3 Å². The van der Waals surface area contributed by atoms with Crippen LogP contribution in [-0.4, -0.2) is 31.7 Å². The van der Waals surface area contributed by atoms with Crippen molar-refractivity contribution in [1.82, 2.24) is 4.31 Å². The van der Waals surface area contributed by atoms with Crippen LogP contribution >= 0.6 is 0 Å². The largest absolute Gasteiger partial charge is 0.374 e. The molecule has 0 bridgehead atoms. The average Bonchev–Trinajstić information content (AvgIpc) is 2.63. The van der Waals surface area contributed by atoms with E-state index in [0.29, 0.717) is 12.8 Å². The molecule has 1 amide bonds. The fourth-order valence-electron chi connectivity index (χ4n) is 2.96. The van der Waals surface area contributed by atoms with E-state index in [1.165, 1.54) is 0 Å². The van der Waals surface area contributed by atoms with Gasteiger partial charge in [-0.15, -0.1) is 0 Å². The number of anilines is 1. The van der Waals surface area contributed by atoms with Crippen molar-refractivity contribution in [3.63, 3.8) is 0 Å². The molecule has 2 aliphatic rings. The van der Waals surface area contributed by atoms with Gasteiger partial charge in [-0.3, -0.25) is 4.79 Å². The van der Waals surface area contributed by atoms with Crippen LogP contribution in [0.3, 0.4) is 0 Å². The Balaban J connectivity index is 1.93. The highest BCUT2D eigenvalue weighted by atomic mass is 32.3. The van der Waals surface area contributed by atoms with Crippen LogP contribution in [0.5, 0.6) is 0 Å². The van der Waals surface area contributed by atoms with Crippen molar-refractivity contribution in [3.8, 4) is 0 Å². The molecular formula is C12H13FN2O3S. The second kappa shape index (κ2) is 4.01. The molecule has 1 N–H and O–H groups in total. The maximum atomic E-state index is 12.9. The molecule has 0 radical (unpaired) electrons. The summed E-state index contributed by atoms with van der Waals surface area (Å²) in [6.07, 6.45) is 0.609. The van der Waals surface area contributed by atoms with Crippen molar-refractivity contribution < 1.29 is 17.1 Å². The van der Waals surface area contributed by atoms with Gasteiger partial charge in [0.15, 0.2) is 0 Å². The van der Waals surface area contributed by atoms with Crippen LogP contribution in [0.1, 0.15) is 18.4 Å². The van der Waals surface area contributed by atoms with E-state index in [1.807, 2.05) is 24.3 Å². The molecule has 0 unspecified atom stereocenters. The quantitative estimate of drug-likeness (QED) is 0.788. The Morgan fingerprint density at radius 3 is 2.47 bits per heavy atom. The molecule has 2 heterocycles. The molecule has 5 nitrogen and oxygen atoms in total. The molecule has 3 rings (SSSR count). The van der Waals surface area contributed by atoms with E-state index in [0.717, 1.165) is 15.6 Å². The number of fused-ring (bicyclic) bond motifs is 2. The highest BCUT2D eigenvalue weighted by molar-refractivity contribution is 7.83. The topological polar surface area (TPSA) is 66.5 Å². The molecule has 1 saturated heterocycles. The predicted octanol–water partition coefficient (Wildman–Crippen LogP) is 1.19. The van der Waals surface area contributed by atoms with Crippen molar-refractivity contribution in [3.05, 3.63) is 29.8 Å². The monoisotopic (exact) mass is 284 g/mol. The number of para-hydroxylation sites is 1. The molecule has 102 valence electrons. The van der Waals surface area contributed by atoms with Crippen LogP contribution < -0.4 is 5.32 Å². The Morgan fingerprint density at radius 2 is 1.84 bits per heavy atom. The van der Waals surface area contributed by atoms with E-state index in [4.69, 9.17) is 0 Å². The minimum absolute atomic E-state index is 0.0284. The summed E-state index contributed by atoms with van der Waals surface area (Å²) in [4.78, 5) is 12.2. The lowest BCUT2D eigenvalue weighted by Crippen LogP contribution is -2.47. The minimum Gasteiger partial charge on any atom is -0.325 e. The van der Waals surface area contributed by atoms with Crippen LogP contribution in [0, 0.1) is 0 Å². The molecule has 1 aromatic rings. The Labute approximate surface area is 110 Å². The predicted molar refractivity (Wildman–Crippen MR) is 67.6 cm³/mol. The van der Waals surface area contributed by atoms with Crippen LogP contribution in [0.25, 0.3) is 0 Å². The van der Waals surface area contributed by atoms with Crippen molar-refractivity contribution in [2.75, 3.05) is 18.4 Å². The first kappa shape index (κ1) is 12.6. The molecule has 0 saturated carbocycles. The lowest BCUT2D eigenvalue weighted by molar-refractivity contribution is -0.122. The summed E-state index contributed by atoms with van der Waals surface area (Å²) in [7, 11) is -4.67. The summed E-state index contributed by atoms with van der Waals surface area (Å²) in [6, 6.07) is 7.37. The Kier molecular flexibility index (Phi) is 2.65. The van der Waals surface area contributed by atoms with Crippen molar-refractivity contribution in [2.24, 2.45) is 0 Å². The number of nitrogens with one attached hydrogen (secondary N) is 1. The van der Waals surface area contributed by atoms with Crippen LogP contribution in [0.2, 0.25) is 0 Å². The van der Waals surface area contributed by atoms with E-state index < -0.39 is 15.8 Å². The zero-order chi connectivity index (χ0) is 13.7. The first-order chi connectivity index (χ1) is 8.93. The third-order valence-electron chi connectivity index (χ3n) is 4.01. The zero-order valence-electron chi connectivity index (χ0n) is 10.1. The van der Waals surface area contributed by atoms with Crippen molar-refractivity contribution >= 4 is 22.0 Å². The van der Waals surface area contributed by atoms with Gasteiger partial charge in [-0.2, -0.15) is 12.7 Å². The number of hydrogen-bond donors (Lipinski definition) is 1. The van der Waals surface area contributed by atoms with Crippen LogP contribution in [0.15, 0.2) is 24.3 Å². The second-order valence-corrected chi connectivity index (χ2v) is 6.26. The van der Waals surface area contributed by atoms with E-state index >= 15 is 0 Å². The molecule has 0 atom stereocenters. The van der Waals surface area contributed by atoms with Gasteiger partial charge in [-0.05, 0) is 24.5 Å². The van der Waals surface area contributed by atoms with Gasteiger partial charge in [0, 0.05) is 18.8 Å². The van der Waals surface area contributed by atoms with Gasteiger partial charge in [0.2, 0.25) is 5.91 Å². The molecule has 1 fully saturated rings. The third kappa shape index (κ3) is 1.84. The van der Waals surface area contributed by atoms with Crippen LogP contribution in [0.4, 0.5) is 9.57 Å². The molecular weight excluding hydrogens is 271 g/mol. The SMILES string of the molecule is O=C1Nc2ccccc2C12CCN(S(=O)(=O)F)CC2. The number of carbonyl (C=O) groups is 1. The smallest absolute Gasteiger partial charge is 0.325 e. The van der Waals surface area contributed by atoms with Gasteiger partial charge in [-0.25, -0.2) is 0 Å². The van der Waals surface area contributed by atoms with Crippen molar-refractivity contribution in [1.29, 1.82) is 0 Å². The number of amides is 1. The van der Waals surface area contributed by atoms with Gasteiger partial charge in [0.25, 0.3) is 0 Å². The van der Waals surface area contributed by atoms with E-state index in [9.17, 15) is 17.1 Å². The Bertz CT molecular complexity index is 636. The molecule has 7 heteroatoms. The normalized spacial score (nSPS) is 22.3. The summed E-state index contributed by atoms with van der Waals surface area (Å²) in [5.74, 6) is -0.121. The number of rotatable bonds is 1. The highest BCUT2D eigenvalue weighted by Crippen LogP contribution is 2.45. The number of nitrogens with zero attached hydrogens (tertiary/aromatic N) is 1. The molecule has 2 aliphatic heterocycles. The van der Waals surface area contributed by atoms with Gasteiger partial charge in [-0.1, -0.05) is 22.1 Å². The maximum Gasteiger partial charge on any atom is 0.374 e. The second-order valence-electron chi connectivity index (χ2n) is 4.92. The number of benzene rings is 1. The summed E-state index contributed by atoms with van der Waals surface area (Å²) < 4.78 is 35.5. The van der Waals surface area contributed by atoms with Gasteiger partial charge < -0.3 is 5.32 Å². The highest BCUT2D eigenvalue weighted by Gasteiger charge is 2.49. The summed E-state index contributed by atoms with van der Waals surface area (Å²) >= 11 is 0. The Morgan fingerprint density at radius 1 is 1.21 bits per heavy atom. The maximum absolute atomic E-state index is 12.9. The summed E-state index contributed by atoms with van der Waals surface area (Å²) in [6.45, 7) is 0.0567. The molecule has 0 aromatic heterocycles. The van der Waals surface area contributed by atoms with E-state index in [-0.39, 0.29) is 19.0 Å². The summed E-state index contributed by atoms with van der Waals surface area (Å²) in [5, 5.41) is 2.81. The zero-order valence-corrected chi connectivity index (χ0v) is 10.9. The van der Waals surface area contributed by atoms with Gasteiger partial charge in [0.1, 0.15) is 0 Å². The fraction of sp³-hybridized carbons (Fsp3) is 0.417. The lowest BCUT2D eigenvalue weighted by Gasteiger charge is -2.35. The molecule has 0 aliphatic carbocycles. The molecule has 19 heavy (non-hydrogen) atoms. The molecule has 1 aromatic carbocycles. The number of halogens is 1. The number of piperidine rings is 1. The number of hydrogen-bond acceptors (Lipinski definition) is 3. The fourth-order valence-corrected chi connectivity index (χ4v) is 3.57. The minimum atomic E-state index is -4.67. The Hall–Kier alpha value is -1.47. The number of carbonyl (C=O) groups excluding carboxylic acids is 1. The third-order valence-corrected chi connectivity index (χ3v) is 4.99. The lowest BCUT2D eigenvalue weighted by atomic mass is 9.74. The van der Waals surface area contributed by atoms with E-state index in [1.54, 1.807) is 0 Å². The van der Waals surface area contributed by atoms with Gasteiger partial charge >= 0.3 is 10.4 Å². The first-order valence-electron chi connectivity index (χ1n) is 6.04. The standard InChI is InChI=1S/C12H13FN2O3S/c13-19(17,18)15-7-5-12(6-8-15)9-3-1-2-4-10(9)14-11(12)16/h1-4H,5-8H2,(H,14,16). The molecule has 1 spiro atoms. The van der Waals surface area contributed by atoms with E-state index in [2.05, 4.69) is 5.32 Å². The first-order valence-corrected chi connectivity index (χ1v) is 7.38. The van der Waals surface area contributed by atoms with Crippen LogP contribution in [-0.2, 0) is 20.6 Å². The summed E-state index contributed by atoms with van der Waals surface area (Å²) in [5.41, 5.74) is 0.942. The average molecular weight is 284 g/mol. The van der Waals surface area contributed by atoms with Gasteiger partial charge in [0.05, 0.1) is 5.41 Å².